The van der Waals surface area contributed by atoms with Gasteiger partial charge in [0, 0.05) is 16.9 Å². The second-order valence-electron chi connectivity index (χ2n) is 6.17. The Kier molecular flexibility index (Phi) is 5.23. The molecule has 0 saturated heterocycles. The van der Waals surface area contributed by atoms with E-state index >= 15 is 0 Å². The first-order valence-corrected chi connectivity index (χ1v) is 10.4. The van der Waals surface area contributed by atoms with Gasteiger partial charge in [-0.3, -0.25) is 9.59 Å². The summed E-state index contributed by atoms with van der Waals surface area (Å²) in [5.41, 5.74) is 6.53. The molecule has 2 amide bonds. The Morgan fingerprint density at radius 1 is 1.11 bits per heavy atom. The first-order chi connectivity index (χ1) is 13.6. The quantitative estimate of drug-likeness (QED) is 0.672. The molecule has 2 aromatic heterocycles. The molecule has 0 radical (unpaired) electrons. The number of rotatable bonds is 6. The molecule has 28 heavy (non-hydrogen) atoms. The molecule has 0 unspecified atom stereocenters. The van der Waals surface area contributed by atoms with Crippen LogP contribution in [0.3, 0.4) is 0 Å². The van der Waals surface area contributed by atoms with E-state index in [1.54, 1.807) is 46.9 Å². The lowest BCUT2D eigenvalue weighted by Gasteiger charge is -2.20. The molecule has 142 valence electrons. The number of hydrogen-bond acceptors (Lipinski definition) is 6. The number of hydrazone groups is 1. The maximum absolute atomic E-state index is 12.8. The molecule has 1 aliphatic rings. The van der Waals surface area contributed by atoms with Crippen molar-refractivity contribution in [3.05, 3.63) is 74.6 Å². The summed E-state index contributed by atoms with van der Waals surface area (Å²) in [6.07, 6.45) is 0.681. The van der Waals surface area contributed by atoms with Crippen molar-refractivity contribution in [1.82, 2.24) is 5.01 Å². The monoisotopic (exact) mass is 411 g/mol. The molecule has 3 aromatic rings. The van der Waals surface area contributed by atoms with Gasteiger partial charge in [-0.2, -0.15) is 5.10 Å². The second-order valence-corrected chi connectivity index (χ2v) is 8.10. The molecule has 2 N–H and O–H groups in total. The van der Waals surface area contributed by atoms with Crippen molar-refractivity contribution >= 4 is 40.2 Å². The number of carbonyl (C=O) groups excluding carboxylic acids is 2. The molecule has 1 aromatic carbocycles. The average molecular weight is 412 g/mol. The van der Waals surface area contributed by atoms with E-state index in [0.717, 1.165) is 15.5 Å². The molecule has 0 bridgehead atoms. The van der Waals surface area contributed by atoms with Crippen LogP contribution in [0.25, 0.3) is 0 Å². The van der Waals surface area contributed by atoms with Gasteiger partial charge in [0.25, 0.3) is 5.91 Å². The zero-order valence-electron chi connectivity index (χ0n) is 14.8. The zero-order valence-corrected chi connectivity index (χ0v) is 16.4. The Hall–Kier alpha value is -2.97. The minimum absolute atomic E-state index is 0.120. The van der Waals surface area contributed by atoms with Crippen molar-refractivity contribution in [2.24, 2.45) is 10.8 Å². The maximum atomic E-state index is 12.8. The number of carbonyl (C=O) groups is 2. The highest BCUT2D eigenvalue weighted by Gasteiger charge is 2.34. The molecule has 8 heteroatoms. The summed E-state index contributed by atoms with van der Waals surface area (Å²) in [6, 6.07) is 14.2. The predicted octanol–water partition coefficient (Wildman–Crippen LogP) is 3.67. The number of amides is 2. The van der Waals surface area contributed by atoms with Crippen LogP contribution in [0.15, 0.2) is 64.4 Å². The number of thiophene rings is 2. The lowest BCUT2D eigenvalue weighted by molar-refractivity contribution is -0.135. The molecule has 1 atom stereocenters. The van der Waals surface area contributed by atoms with E-state index in [-0.39, 0.29) is 18.6 Å². The van der Waals surface area contributed by atoms with Crippen LogP contribution in [0, 0.1) is 0 Å². The lowest BCUT2D eigenvalue weighted by Crippen LogP contribution is -2.31. The standard InChI is InChI=1S/C20H17N3O3S2/c21-20(25)13-5-7-14(8-6-13)26-12-19(24)23-16(18-4-2-10-28-18)11-15(22-23)17-3-1-9-27-17/h1-10,16H,11-12H2,(H2,21,25)/t16-/m0/s1. The third-order valence-electron chi connectivity index (χ3n) is 4.34. The number of ether oxygens (including phenoxy) is 1. The van der Waals surface area contributed by atoms with E-state index in [9.17, 15) is 9.59 Å². The zero-order chi connectivity index (χ0) is 19.5. The van der Waals surface area contributed by atoms with Crippen LogP contribution in [-0.4, -0.2) is 29.1 Å². The molecule has 6 nitrogen and oxygen atoms in total. The van der Waals surface area contributed by atoms with Crippen molar-refractivity contribution in [3.63, 3.8) is 0 Å². The molecule has 0 aliphatic carbocycles. The highest BCUT2D eigenvalue weighted by molar-refractivity contribution is 7.12. The maximum Gasteiger partial charge on any atom is 0.281 e. The van der Waals surface area contributed by atoms with E-state index in [4.69, 9.17) is 10.5 Å². The third kappa shape index (κ3) is 3.83. The Labute approximate surface area is 169 Å². The van der Waals surface area contributed by atoms with Gasteiger partial charge in [-0.1, -0.05) is 12.1 Å². The third-order valence-corrected chi connectivity index (χ3v) is 6.24. The number of benzene rings is 1. The normalized spacial score (nSPS) is 16.1. The van der Waals surface area contributed by atoms with Gasteiger partial charge in [-0.15, -0.1) is 22.7 Å². The fraction of sp³-hybridized carbons (Fsp3) is 0.150. The van der Waals surface area contributed by atoms with Gasteiger partial charge >= 0.3 is 0 Å². The van der Waals surface area contributed by atoms with Crippen molar-refractivity contribution in [2.45, 2.75) is 12.5 Å². The Bertz CT molecular complexity index is 996. The first-order valence-electron chi connectivity index (χ1n) is 8.61. The van der Waals surface area contributed by atoms with Crippen molar-refractivity contribution in [2.75, 3.05) is 6.61 Å². The lowest BCUT2D eigenvalue weighted by atomic mass is 10.1. The van der Waals surface area contributed by atoms with E-state index in [1.165, 1.54) is 5.01 Å². The average Bonchev–Trinajstić information content (AvgIpc) is 3.46. The summed E-state index contributed by atoms with van der Waals surface area (Å²) in [7, 11) is 0. The summed E-state index contributed by atoms with van der Waals surface area (Å²) in [5, 5.41) is 10.1. The molecule has 4 rings (SSSR count). The van der Waals surface area contributed by atoms with Crippen molar-refractivity contribution < 1.29 is 14.3 Å². The van der Waals surface area contributed by atoms with Crippen LogP contribution >= 0.6 is 22.7 Å². The highest BCUT2D eigenvalue weighted by atomic mass is 32.1. The van der Waals surface area contributed by atoms with E-state index < -0.39 is 5.91 Å². The number of nitrogens with zero attached hydrogens (tertiary/aromatic N) is 2. The highest BCUT2D eigenvalue weighted by Crippen LogP contribution is 2.35. The summed E-state index contributed by atoms with van der Waals surface area (Å²) in [5.74, 6) is -0.231. The largest absolute Gasteiger partial charge is 0.484 e. The topological polar surface area (TPSA) is 85.0 Å². The van der Waals surface area contributed by atoms with Gasteiger partial charge in [0.2, 0.25) is 5.91 Å². The van der Waals surface area contributed by atoms with Gasteiger partial charge in [-0.25, -0.2) is 5.01 Å². The minimum Gasteiger partial charge on any atom is -0.484 e. The van der Waals surface area contributed by atoms with Crippen LogP contribution in [0.5, 0.6) is 5.75 Å². The van der Waals surface area contributed by atoms with E-state index in [0.29, 0.717) is 17.7 Å². The van der Waals surface area contributed by atoms with Crippen molar-refractivity contribution in [3.8, 4) is 5.75 Å². The van der Waals surface area contributed by atoms with Crippen LogP contribution in [-0.2, 0) is 4.79 Å². The summed E-state index contributed by atoms with van der Waals surface area (Å²) < 4.78 is 5.60. The summed E-state index contributed by atoms with van der Waals surface area (Å²) in [6.45, 7) is -0.140. The molecule has 0 fully saturated rings. The minimum atomic E-state index is -0.506. The Morgan fingerprint density at radius 2 is 1.86 bits per heavy atom. The Balaban J connectivity index is 1.49. The van der Waals surface area contributed by atoms with Crippen LogP contribution in [0.1, 0.15) is 32.6 Å². The number of nitrogens with two attached hydrogens (primary N) is 1. The molecular weight excluding hydrogens is 394 g/mol. The first kappa shape index (κ1) is 18.4. The SMILES string of the molecule is NC(=O)c1ccc(OCC(=O)N2N=C(c3cccs3)C[C@H]2c2cccs2)cc1. The van der Waals surface area contributed by atoms with E-state index in [1.807, 2.05) is 35.0 Å². The molecular formula is C20H17N3O3S2. The molecule has 0 spiro atoms. The Morgan fingerprint density at radius 3 is 2.50 bits per heavy atom. The summed E-state index contributed by atoms with van der Waals surface area (Å²) in [4.78, 5) is 26.1. The van der Waals surface area contributed by atoms with Crippen molar-refractivity contribution in [1.29, 1.82) is 0 Å². The predicted molar refractivity (Wildman–Crippen MR) is 110 cm³/mol. The van der Waals surface area contributed by atoms with Gasteiger partial charge in [0.15, 0.2) is 6.61 Å². The van der Waals surface area contributed by atoms with Gasteiger partial charge in [0.05, 0.1) is 16.6 Å². The molecule has 1 aliphatic heterocycles. The molecule has 3 heterocycles. The van der Waals surface area contributed by atoms with Gasteiger partial charge in [0.1, 0.15) is 5.75 Å². The second kappa shape index (κ2) is 7.95. The fourth-order valence-electron chi connectivity index (χ4n) is 2.96. The van der Waals surface area contributed by atoms with E-state index in [2.05, 4.69) is 5.10 Å². The number of primary amides is 1. The van der Waals surface area contributed by atoms with Crippen LogP contribution in [0.4, 0.5) is 0 Å². The van der Waals surface area contributed by atoms with Gasteiger partial charge < -0.3 is 10.5 Å². The fourth-order valence-corrected chi connectivity index (χ4v) is 4.49. The van der Waals surface area contributed by atoms with Crippen LogP contribution in [0.2, 0.25) is 0 Å². The van der Waals surface area contributed by atoms with Gasteiger partial charge in [-0.05, 0) is 47.2 Å². The molecule has 0 saturated carbocycles. The smallest absolute Gasteiger partial charge is 0.281 e. The number of hydrogen-bond donors (Lipinski definition) is 1. The van der Waals surface area contributed by atoms with Crippen LogP contribution < -0.4 is 10.5 Å². The summed E-state index contributed by atoms with van der Waals surface area (Å²) >= 11 is 3.22.